The molecule has 0 spiro atoms. The maximum atomic E-state index is 12.3. The topological polar surface area (TPSA) is 74.2 Å². The van der Waals surface area contributed by atoms with Crippen molar-refractivity contribution in [3.63, 3.8) is 0 Å². The molecule has 0 aromatic carbocycles. The zero-order valence-corrected chi connectivity index (χ0v) is 15.2. The van der Waals surface area contributed by atoms with Gasteiger partial charge >= 0.3 is 13.6 Å². The Morgan fingerprint density at radius 1 is 1.11 bits per heavy atom. The van der Waals surface area contributed by atoms with Crippen molar-refractivity contribution < 1.29 is 28.2 Å². The Labute approximate surface area is 130 Å². The minimum Gasteiger partial charge on any atom is -0.341 e. The average Bonchev–Trinajstić information content (AvgIpc) is 2.35. The molecule has 1 atom stereocenters. The van der Waals surface area contributed by atoms with E-state index in [1.807, 2.05) is 0 Å². The number of ether oxygens (including phenoxy) is 2. The molecule has 0 aromatic rings. The lowest BCUT2D eigenvalue weighted by atomic mass is 10.6. The first kappa shape index (κ1) is 20.0. The van der Waals surface area contributed by atoms with E-state index in [1.165, 1.54) is 0 Å². The molecule has 0 fully saturated rings. The molecule has 0 rings (SSSR count). The van der Waals surface area contributed by atoms with Crippen molar-refractivity contribution in [2.45, 2.75) is 19.8 Å². The van der Waals surface area contributed by atoms with Crippen LogP contribution in [-0.2, 0) is 23.1 Å². The van der Waals surface area contributed by atoms with Crippen LogP contribution in [0.3, 0.4) is 0 Å². The minimum absolute atomic E-state index is 0.203. The van der Waals surface area contributed by atoms with Crippen LogP contribution >= 0.6 is 39.5 Å². The summed E-state index contributed by atoms with van der Waals surface area (Å²) in [5.74, 6) is -1.90. The molecule has 0 aliphatic rings. The van der Waals surface area contributed by atoms with Crippen LogP contribution in [0.2, 0.25) is 0 Å². The van der Waals surface area contributed by atoms with E-state index in [2.05, 4.69) is 31.9 Å². The van der Waals surface area contributed by atoms with Gasteiger partial charge in [0.25, 0.3) is 0 Å². The van der Waals surface area contributed by atoms with Crippen LogP contribution in [0.5, 0.6) is 0 Å². The lowest BCUT2D eigenvalue weighted by Crippen LogP contribution is -2.40. The molecule has 116 valence electrons. The van der Waals surface area contributed by atoms with Gasteiger partial charge in [-0.1, -0.05) is 31.9 Å². The highest BCUT2D eigenvalue weighted by molar-refractivity contribution is 9.09. The van der Waals surface area contributed by atoms with E-state index in [0.29, 0.717) is 10.7 Å². The summed E-state index contributed by atoms with van der Waals surface area (Å²) in [6, 6.07) is 0. The van der Waals surface area contributed by atoms with E-state index in [9.17, 15) is 9.67 Å². The summed E-state index contributed by atoms with van der Waals surface area (Å²) in [4.78, 5) is 0. The highest BCUT2D eigenvalue weighted by atomic mass is 79.9. The van der Waals surface area contributed by atoms with Gasteiger partial charge in [-0.3, -0.25) is 9.09 Å². The fourth-order valence-corrected chi connectivity index (χ4v) is 4.18. The summed E-state index contributed by atoms with van der Waals surface area (Å²) >= 11 is 6.37. The number of halogens is 2. The third kappa shape index (κ3) is 8.78. The second-order valence-electron chi connectivity index (χ2n) is 3.40. The standard InChI is InChI=1S/C10H21Br2O6P/c1-3-15-10(13,16-4-2)9-18-19(14,8-6-12)17-7-5-11/h13H,3-9H2,1-2H3. The Kier molecular flexibility index (Phi) is 11.2. The molecule has 9 heteroatoms. The fourth-order valence-electron chi connectivity index (χ4n) is 1.20. The zero-order chi connectivity index (χ0) is 14.8. The van der Waals surface area contributed by atoms with Crippen molar-refractivity contribution in [1.82, 2.24) is 0 Å². The number of aliphatic hydroxyl groups is 1. The van der Waals surface area contributed by atoms with Gasteiger partial charge in [-0.15, -0.1) is 0 Å². The molecular formula is C10H21Br2O6P. The smallest absolute Gasteiger partial charge is 0.331 e. The van der Waals surface area contributed by atoms with Crippen LogP contribution < -0.4 is 0 Å². The third-order valence-corrected chi connectivity index (χ3v) is 5.11. The predicted octanol–water partition coefficient (Wildman–Crippen LogP) is 2.72. The summed E-state index contributed by atoms with van der Waals surface area (Å²) < 4.78 is 32.9. The summed E-state index contributed by atoms with van der Waals surface area (Å²) in [7, 11) is -3.28. The van der Waals surface area contributed by atoms with Crippen molar-refractivity contribution in [3.05, 3.63) is 0 Å². The molecule has 1 unspecified atom stereocenters. The van der Waals surface area contributed by atoms with Gasteiger partial charge in [0.1, 0.15) is 6.61 Å². The zero-order valence-electron chi connectivity index (χ0n) is 11.1. The Balaban J connectivity index is 4.52. The second kappa shape index (κ2) is 10.7. The van der Waals surface area contributed by atoms with Crippen LogP contribution in [0.15, 0.2) is 0 Å². The molecule has 0 aliphatic carbocycles. The van der Waals surface area contributed by atoms with Crippen molar-refractivity contribution in [2.75, 3.05) is 43.2 Å². The van der Waals surface area contributed by atoms with Crippen molar-refractivity contribution in [2.24, 2.45) is 0 Å². The fraction of sp³-hybridized carbons (Fsp3) is 1.00. The molecule has 0 saturated heterocycles. The van der Waals surface area contributed by atoms with E-state index in [1.54, 1.807) is 13.8 Å². The van der Waals surface area contributed by atoms with Gasteiger partial charge < -0.3 is 19.1 Å². The van der Waals surface area contributed by atoms with Crippen LogP contribution in [0, 0.1) is 0 Å². The predicted molar refractivity (Wildman–Crippen MR) is 80.2 cm³/mol. The maximum Gasteiger partial charge on any atom is 0.331 e. The van der Waals surface area contributed by atoms with Crippen molar-refractivity contribution >= 4 is 39.5 Å². The Morgan fingerprint density at radius 3 is 2.11 bits per heavy atom. The van der Waals surface area contributed by atoms with Gasteiger partial charge in [-0.25, -0.2) is 0 Å². The highest BCUT2D eigenvalue weighted by Crippen LogP contribution is 2.48. The molecule has 6 nitrogen and oxygen atoms in total. The second-order valence-corrected chi connectivity index (χ2v) is 7.17. The van der Waals surface area contributed by atoms with E-state index < -0.39 is 13.6 Å². The molecule has 0 saturated carbocycles. The van der Waals surface area contributed by atoms with Crippen LogP contribution in [0.4, 0.5) is 0 Å². The molecule has 1 N–H and O–H groups in total. The van der Waals surface area contributed by atoms with E-state index >= 15 is 0 Å². The quantitative estimate of drug-likeness (QED) is 0.293. The van der Waals surface area contributed by atoms with E-state index in [4.69, 9.17) is 18.5 Å². The van der Waals surface area contributed by atoms with Crippen molar-refractivity contribution in [1.29, 1.82) is 0 Å². The molecule has 0 aromatic heterocycles. The Hall–Kier alpha value is 0.990. The monoisotopic (exact) mass is 426 g/mol. The largest absolute Gasteiger partial charge is 0.341 e. The first-order valence-electron chi connectivity index (χ1n) is 5.95. The van der Waals surface area contributed by atoms with Crippen LogP contribution in [0.1, 0.15) is 13.8 Å². The minimum atomic E-state index is -3.28. The molecule has 0 heterocycles. The molecule has 0 radical (unpaired) electrons. The van der Waals surface area contributed by atoms with Crippen LogP contribution in [-0.4, -0.2) is 54.3 Å². The highest BCUT2D eigenvalue weighted by Gasteiger charge is 2.34. The van der Waals surface area contributed by atoms with E-state index in [0.717, 1.165) is 0 Å². The third-order valence-electron chi connectivity index (χ3n) is 1.91. The van der Waals surface area contributed by atoms with Gasteiger partial charge in [0.2, 0.25) is 0 Å². The summed E-state index contributed by atoms with van der Waals surface area (Å²) in [5.41, 5.74) is 0. The van der Waals surface area contributed by atoms with Gasteiger partial charge in [0.05, 0.1) is 12.8 Å². The molecule has 0 aliphatic heterocycles. The number of hydrogen-bond donors (Lipinski definition) is 1. The lowest BCUT2D eigenvalue weighted by Gasteiger charge is -2.28. The summed E-state index contributed by atoms with van der Waals surface area (Å²) in [5, 5.41) is 11.0. The average molecular weight is 428 g/mol. The van der Waals surface area contributed by atoms with Gasteiger partial charge in [0.15, 0.2) is 0 Å². The molecule has 0 bridgehead atoms. The first-order valence-corrected chi connectivity index (χ1v) is 9.92. The molecule has 19 heavy (non-hydrogen) atoms. The summed E-state index contributed by atoms with van der Waals surface area (Å²) in [6.07, 6.45) is 0.203. The molecule has 0 amide bonds. The molecular weight excluding hydrogens is 407 g/mol. The lowest BCUT2D eigenvalue weighted by molar-refractivity contribution is -0.366. The SMILES string of the molecule is CCOC(O)(COP(=O)(CCBr)OCCBr)OCC. The summed E-state index contributed by atoms with van der Waals surface area (Å²) in [6.45, 7) is 3.79. The van der Waals surface area contributed by atoms with Gasteiger partial charge in [-0.05, 0) is 13.8 Å². The Morgan fingerprint density at radius 2 is 1.68 bits per heavy atom. The first-order chi connectivity index (χ1) is 8.95. The Bertz CT molecular complexity index is 273. The van der Waals surface area contributed by atoms with Crippen molar-refractivity contribution in [3.8, 4) is 0 Å². The van der Waals surface area contributed by atoms with Gasteiger partial charge in [0, 0.05) is 23.9 Å². The van der Waals surface area contributed by atoms with Gasteiger partial charge in [-0.2, -0.15) is 0 Å². The number of rotatable bonds is 12. The van der Waals surface area contributed by atoms with E-state index in [-0.39, 0.29) is 32.6 Å². The number of alkyl halides is 2. The number of hydrogen-bond acceptors (Lipinski definition) is 6. The maximum absolute atomic E-state index is 12.3. The van der Waals surface area contributed by atoms with Crippen LogP contribution in [0.25, 0.3) is 0 Å². The normalized spacial score (nSPS) is 15.4.